The van der Waals surface area contributed by atoms with Crippen molar-refractivity contribution >= 4 is 22.2 Å². The summed E-state index contributed by atoms with van der Waals surface area (Å²) in [6, 6.07) is 8.32. The largest absolute Gasteiger partial charge is 0.314 e. The Kier molecular flexibility index (Phi) is 8.18. The average molecular weight is 293 g/mol. The van der Waals surface area contributed by atoms with Gasteiger partial charge in [-0.25, -0.2) is 8.42 Å². The molecule has 0 aromatic heterocycles. The summed E-state index contributed by atoms with van der Waals surface area (Å²) >= 11 is 0. The molecule has 3 N–H and O–H groups in total. The molecule has 0 saturated heterocycles. The lowest BCUT2D eigenvalue weighted by molar-refractivity contribution is 0.562. The first-order valence-electron chi connectivity index (χ1n) is 5.84. The number of unbranched alkanes of at least 4 members (excludes halogenated alkanes) is 1. The van der Waals surface area contributed by atoms with Gasteiger partial charge in [0.2, 0.25) is 0 Å². The van der Waals surface area contributed by atoms with E-state index < -0.39 is 15.2 Å². The molecule has 0 spiro atoms. The highest BCUT2D eigenvalue weighted by Gasteiger charge is 2.22. The molecule has 0 aliphatic heterocycles. The predicted octanol–water partition coefficient (Wildman–Crippen LogP) is 1.56. The molecule has 0 aliphatic rings. The van der Waals surface area contributed by atoms with E-state index in [4.69, 9.17) is 5.73 Å². The minimum atomic E-state index is -3.41. The van der Waals surface area contributed by atoms with Gasteiger partial charge in [0.1, 0.15) is 5.37 Å². The van der Waals surface area contributed by atoms with E-state index in [2.05, 4.69) is 12.2 Å². The number of benzene rings is 1. The molecule has 18 heavy (non-hydrogen) atoms. The Labute approximate surface area is 115 Å². The zero-order valence-electron chi connectivity index (χ0n) is 10.5. The first-order chi connectivity index (χ1) is 8.09. The topological polar surface area (TPSA) is 72.2 Å². The van der Waals surface area contributed by atoms with Crippen LogP contribution in [0.3, 0.4) is 0 Å². The van der Waals surface area contributed by atoms with Crippen molar-refractivity contribution in [2.45, 2.75) is 30.0 Å². The second-order valence-corrected chi connectivity index (χ2v) is 6.12. The van der Waals surface area contributed by atoms with E-state index >= 15 is 0 Å². The maximum atomic E-state index is 12.0. The molecule has 1 unspecified atom stereocenters. The number of nitrogens with two attached hydrogens (primary N) is 1. The fourth-order valence-corrected chi connectivity index (χ4v) is 2.66. The third-order valence-corrected chi connectivity index (χ3v) is 4.42. The first kappa shape index (κ1) is 17.4. The maximum absolute atomic E-state index is 12.0. The van der Waals surface area contributed by atoms with E-state index in [0.29, 0.717) is 0 Å². The van der Waals surface area contributed by atoms with Crippen LogP contribution < -0.4 is 11.1 Å². The Bertz CT molecular complexity index is 423. The Morgan fingerprint density at radius 3 is 2.44 bits per heavy atom. The van der Waals surface area contributed by atoms with E-state index in [1.165, 1.54) is 0 Å². The van der Waals surface area contributed by atoms with Gasteiger partial charge < -0.3 is 11.1 Å². The molecule has 0 amide bonds. The number of sulfone groups is 1. The van der Waals surface area contributed by atoms with Gasteiger partial charge >= 0.3 is 0 Å². The second kappa shape index (κ2) is 8.48. The van der Waals surface area contributed by atoms with E-state index in [0.717, 1.165) is 19.4 Å². The van der Waals surface area contributed by atoms with Gasteiger partial charge in [-0.2, -0.15) is 0 Å². The number of hydrogen-bond donors (Lipinski definition) is 2. The molecule has 0 aliphatic carbocycles. The summed E-state index contributed by atoms with van der Waals surface area (Å²) in [5, 5.41) is 2.17. The smallest absolute Gasteiger partial charge is 0.195 e. The summed E-state index contributed by atoms with van der Waals surface area (Å²) in [4.78, 5) is 0.282. The molecule has 0 fully saturated rings. The van der Waals surface area contributed by atoms with Crippen LogP contribution in [0.5, 0.6) is 0 Å². The molecule has 0 radical (unpaired) electrons. The first-order valence-corrected chi connectivity index (χ1v) is 7.39. The van der Waals surface area contributed by atoms with Crippen LogP contribution in [-0.2, 0) is 9.84 Å². The van der Waals surface area contributed by atoms with Crippen LogP contribution in [-0.4, -0.2) is 26.9 Å². The second-order valence-electron chi connectivity index (χ2n) is 3.95. The zero-order chi connectivity index (χ0) is 12.7. The van der Waals surface area contributed by atoms with E-state index in [1.807, 2.05) is 0 Å². The van der Waals surface area contributed by atoms with Gasteiger partial charge in [0.05, 0.1) is 4.90 Å². The third kappa shape index (κ3) is 4.94. The molecule has 6 heteroatoms. The number of rotatable bonds is 7. The van der Waals surface area contributed by atoms with Gasteiger partial charge in [-0.15, -0.1) is 12.4 Å². The summed E-state index contributed by atoms with van der Waals surface area (Å²) in [6.07, 6.45) is 2.10. The molecule has 1 aromatic rings. The van der Waals surface area contributed by atoms with Crippen molar-refractivity contribution in [3.05, 3.63) is 30.3 Å². The summed E-state index contributed by atoms with van der Waals surface area (Å²) in [5.74, 6) is 0. The number of halogens is 1. The molecule has 1 rings (SSSR count). The zero-order valence-corrected chi connectivity index (χ0v) is 12.1. The number of nitrogens with one attached hydrogen (secondary N) is 1. The van der Waals surface area contributed by atoms with Crippen LogP contribution >= 0.6 is 12.4 Å². The maximum Gasteiger partial charge on any atom is 0.195 e. The van der Waals surface area contributed by atoms with Gasteiger partial charge in [0, 0.05) is 6.54 Å². The fraction of sp³-hybridized carbons (Fsp3) is 0.500. The van der Waals surface area contributed by atoms with Crippen molar-refractivity contribution in [2.24, 2.45) is 5.73 Å². The molecule has 104 valence electrons. The summed E-state index contributed by atoms with van der Waals surface area (Å²) in [5.41, 5.74) is 5.72. The summed E-state index contributed by atoms with van der Waals surface area (Å²) < 4.78 is 24.1. The Balaban J connectivity index is 0.00000289. The Morgan fingerprint density at radius 2 is 1.89 bits per heavy atom. The minimum Gasteiger partial charge on any atom is -0.314 e. The molecule has 1 aromatic carbocycles. The minimum absolute atomic E-state index is 0. The molecule has 0 bridgehead atoms. The summed E-state index contributed by atoms with van der Waals surface area (Å²) in [6.45, 7) is 3.17. The van der Waals surface area contributed by atoms with Gasteiger partial charge in [-0.3, -0.25) is 0 Å². The predicted molar refractivity (Wildman–Crippen MR) is 76.6 cm³/mol. The highest BCUT2D eigenvalue weighted by molar-refractivity contribution is 7.92. The molecule has 0 saturated carbocycles. The highest BCUT2D eigenvalue weighted by atomic mass is 35.5. The van der Waals surface area contributed by atoms with Crippen molar-refractivity contribution < 1.29 is 8.42 Å². The van der Waals surface area contributed by atoms with Gasteiger partial charge in [-0.05, 0) is 25.1 Å². The van der Waals surface area contributed by atoms with Crippen molar-refractivity contribution in [1.29, 1.82) is 0 Å². The van der Waals surface area contributed by atoms with Crippen LogP contribution in [0.2, 0.25) is 0 Å². The molecular formula is C12H21ClN2O2S. The van der Waals surface area contributed by atoms with E-state index in [-0.39, 0.29) is 23.8 Å². The van der Waals surface area contributed by atoms with Crippen LogP contribution in [0.25, 0.3) is 0 Å². The Morgan fingerprint density at radius 1 is 1.28 bits per heavy atom. The monoisotopic (exact) mass is 292 g/mol. The SMILES string of the molecule is CCCCNCC(N)S(=O)(=O)c1ccccc1.Cl. The standard InChI is InChI=1S/C12H20N2O2S.ClH/c1-2-3-9-14-10-12(13)17(15,16)11-7-5-4-6-8-11;/h4-8,12,14H,2-3,9-10,13H2,1H3;1H. The van der Waals surface area contributed by atoms with Crippen molar-refractivity contribution in [3.63, 3.8) is 0 Å². The van der Waals surface area contributed by atoms with Crippen molar-refractivity contribution in [3.8, 4) is 0 Å². The molecule has 4 nitrogen and oxygen atoms in total. The van der Waals surface area contributed by atoms with Crippen molar-refractivity contribution in [2.75, 3.05) is 13.1 Å². The van der Waals surface area contributed by atoms with Gasteiger partial charge in [-0.1, -0.05) is 31.5 Å². The quantitative estimate of drug-likeness (QED) is 0.748. The lowest BCUT2D eigenvalue weighted by Gasteiger charge is -2.13. The van der Waals surface area contributed by atoms with E-state index in [1.54, 1.807) is 30.3 Å². The van der Waals surface area contributed by atoms with Gasteiger partial charge in [0.25, 0.3) is 0 Å². The van der Waals surface area contributed by atoms with Crippen molar-refractivity contribution in [1.82, 2.24) is 5.32 Å². The van der Waals surface area contributed by atoms with Crippen LogP contribution in [0, 0.1) is 0 Å². The molecular weight excluding hydrogens is 272 g/mol. The van der Waals surface area contributed by atoms with Gasteiger partial charge in [0.15, 0.2) is 9.84 Å². The van der Waals surface area contributed by atoms with Crippen LogP contribution in [0.1, 0.15) is 19.8 Å². The number of hydrogen-bond acceptors (Lipinski definition) is 4. The molecule has 0 heterocycles. The van der Waals surface area contributed by atoms with E-state index in [9.17, 15) is 8.42 Å². The average Bonchev–Trinajstić information content (AvgIpc) is 2.35. The van der Waals surface area contributed by atoms with Crippen LogP contribution in [0.15, 0.2) is 35.2 Å². The summed E-state index contributed by atoms with van der Waals surface area (Å²) in [7, 11) is -3.41. The fourth-order valence-electron chi connectivity index (χ4n) is 1.44. The normalized spacial score (nSPS) is 12.8. The lowest BCUT2D eigenvalue weighted by atomic mass is 10.3. The van der Waals surface area contributed by atoms with Crippen LogP contribution in [0.4, 0.5) is 0 Å². The highest BCUT2D eigenvalue weighted by Crippen LogP contribution is 2.12. The molecule has 1 atom stereocenters. The third-order valence-electron chi connectivity index (χ3n) is 2.52. The lowest BCUT2D eigenvalue weighted by Crippen LogP contribution is -2.40. The Hall–Kier alpha value is -0.620.